The minimum Gasteiger partial charge on any atom is -0.387 e. The maximum absolute atomic E-state index is 9.30. The molecule has 0 amide bonds. The second-order valence-electron chi connectivity index (χ2n) is 3.50. The van der Waals surface area contributed by atoms with Gasteiger partial charge in [-0.25, -0.2) is 4.68 Å². The zero-order chi connectivity index (χ0) is 12.0. The van der Waals surface area contributed by atoms with E-state index in [1.807, 2.05) is 14.1 Å². The summed E-state index contributed by atoms with van der Waals surface area (Å²) >= 11 is 6.03. The molecule has 0 bridgehead atoms. The zero-order valence-corrected chi connectivity index (χ0v) is 10.9. The molecule has 1 rings (SSSR count). The van der Waals surface area contributed by atoms with Gasteiger partial charge in [-0.3, -0.25) is 0 Å². The van der Waals surface area contributed by atoms with Crippen molar-refractivity contribution in [1.82, 2.24) is 25.1 Å². The van der Waals surface area contributed by atoms with Gasteiger partial charge in [0.05, 0.1) is 12.6 Å². The average Bonchev–Trinajstić information content (AvgIpc) is 2.70. The molecule has 0 aliphatic heterocycles. The van der Waals surface area contributed by atoms with Crippen molar-refractivity contribution in [3.05, 3.63) is 0 Å². The first-order valence-corrected chi connectivity index (χ1v) is 6.26. The monoisotopic (exact) mass is 261 g/mol. The summed E-state index contributed by atoms with van der Waals surface area (Å²) in [6.07, 6.45) is -0.598. The van der Waals surface area contributed by atoms with Crippen molar-refractivity contribution in [3.8, 4) is 0 Å². The smallest absolute Gasteiger partial charge is 0.209 e. The van der Waals surface area contributed by atoms with Crippen LogP contribution in [0.1, 0.15) is 0 Å². The van der Waals surface area contributed by atoms with Gasteiger partial charge in [0.2, 0.25) is 5.16 Å². The molecule has 1 aromatic heterocycles. The number of tetrazole rings is 1. The van der Waals surface area contributed by atoms with Crippen molar-refractivity contribution in [3.63, 3.8) is 0 Å². The van der Waals surface area contributed by atoms with Crippen LogP contribution in [-0.2, 0) is 6.54 Å². The van der Waals surface area contributed by atoms with Crippen LogP contribution in [-0.4, -0.2) is 68.1 Å². The van der Waals surface area contributed by atoms with E-state index in [1.54, 1.807) is 4.68 Å². The van der Waals surface area contributed by atoms with Crippen molar-refractivity contribution < 1.29 is 5.11 Å². The number of nitrogens with zero attached hydrogens (tertiary/aromatic N) is 5. The van der Waals surface area contributed by atoms with Gasteiger partial charge in [0.1, 0.15) is 0 Å². The predicted molar refractivity (Wildman–Crippen MR) is 66.8 cm³/mol. The molecule has 1 N–H and O–H groups in total. The maximum Gasteiger partial charge on any atom is 0.209 e. The molecule has 8 heteroatoms. The van der Waals surface area contributed by atoms with E-state index in [4.69, 9.17) is 0 Å². The van der Waals surface area contributed by atoms with E-state index in [2.05, 4.69) is 32.6 Å². The highest BCUT2D eigenvalue weighted by Gasteiger charge is 2.09. The molecular formula is C8H15N5OS2. The summed E-state index contributed by atoms with van der Waals surface area (Å²) in [5.41, 5.74) is 0. The van der Waals surface area contributed by atoms with Crippen LogP contribution in [0.3, 0.4) is 0 Å². The van der Waals surface area contributed by atoms with Gasteiger partial charge >= 0.3 is 0 Å². The number of hydrogen-bond donors (Lipinski definition) is 1. The third-order valence-electron chi connectivity index (χ3n) is 1.80. The number of thioether (sulfide) groups is 1. The summed E-state index contributed by atoms with van der Waals surface area (Å²) < 4.78 is 1.72. The number of aliphatic hydroxyl groups is 1. The predicted octanol–water partition coefficient (Wildman–Crippen LogP) is -0.313. The third-order valence-corrected chi connectivity index (χ3v) is 3.17. The lowest BCUT2D eigenvalue weighted by atomic mass is 10.5. The fourth-order valence-corrected chi connectivity index (χ4v) is 1.94. The summed E-state index contributed by atoms with van der Waals surface area (Å²) in [7, 11) is 3.99. The largest absolute Gasteiger partial charge is 0.387 e. The number of aromatic nitrogens is 4. The average molecular weight is 261 g/mol. The molecule has 1 heterocycles. The van der Waals surface area contributed by atoms with Gasteiger partial charge in [-0.2, -0.15) is 0 Å². The van der Waals surface area contributed by atoms with Crippen LogP contribution in [0, 0.1) is 0 Å². The number of hydrogen-bond acceptors (Lipinski definition) is 7. The maximum atomic E-state index is 9.30. The van der Waals surface area contributed by atoms with Gasteiger partial charge in [-0.15, -0.1) is 5.10 Å². The van der Waals surface area contributed by atoms with Crippen LogP contribution in [0.25, 0.3) is 0 Å². The Labute approximate surface area is 104 Å². The first-order chi connectivity index (χ1) is 7.63. The molecule has 0 saturated carbocycles. The van der Waals surface area contributed by atoms with E-state index < -0.39 is 6.10 Å². The number of aliphatic hydroxyl groups excluding tert-OH is 1. The minimum atomic E-state index is -0.598. The van der Waals surface area contributed by atoms with Crippen LogP contribution in [0.5, 0.6) is 0 Å². The van der Waals surface area contributed by atoms with Gasteiger partial charge in [-0.05, 0) is 24.5 Å². The van der Waals surface area contributed by atoms with Gasteiger partial charge in [0, 0.05) is 17.7 Å². The molecule has 16 heavy (non-hydrogen) atoms. The Balaban J connectivity index is 2.46. The topological polar surface area (TPSA) is 67.1 Å². The number of thiocarbonyl (C=S) groups is 1. The Morgan fingerprint density at radius 2 is 2.38 bits per heavy atom. The van der Waals surface area contributed by atoms with E-state index in [1.165, 1.54) is 17.1 Å². The molecule has 0 fully saturated rings. The van der Waals surface area contributed by atoms with Crippen LogP contribution in [0.4, 0.5) is 0 Å². The van der Waals surface area contributed by atoms with E-state index in [-0.39, 0.29) is 0 Å². The van der Waals surface area contributed by atoms with Crippen molar-refractivity contribution >= 4 is 29.3 Å². The van der Waals surface area contributed by atoms with Crippen molar-refractivity contribution in [2.45, 2.75) is 17.8 Å². The Kier molecular flexibility index (Phi) is 5.81. The summed E-state index contributed by atoms with van der Waals surface area (Å²) in [5.74, 6) is 0.478. The highest BCUT2D eigenvalue weighted by molar-refractivity contribution is 7.99. The highest BCUT2D eigenvalue weighted by Crippen LogP contribution is 2.14. The molecule has 6 nitrogen and oxygen atoms in total. The second kappa shape index (κ2) is 6.89. The number of rotatable bonds is 7. The normalized spacial score (nSPS) is 13.0. The molecule has 0 spiro atoms. The van der Waals surface area contributed by atoms with Crippen molar-refractivity contribution in [2.24, 2.45) is 0 Å². The van der Waals surface area contributed by atoms with Gasteiger partial charge < -0.3 is 10.0 Å². The third kappa shape index (κ3) is 4.52. The Morgan fingerprint density at radius 3 is 3.00 bits per heavy atom. The lowest BCUT2D eigenvalue weighted by molar-refractivity contribution is 0.273. The number of likely N-dealkylation sites (N-methyl/N-ethyl adjacent to an activating group) is 1. The molecule has 0 radical (unpaired) electrons. The van der Waals surface area contributed by atoms with Gasteiger partial charge in [0.25, 0.3) is 0 Å². The molecule has 1 unspecified atom stereocenters. The molecule has 0 aliphatic rings. The van der Waals surface area contributed by atoms with E-state index in [9.17, 15) is 5.11 Å². The second-order valence-corrected chi connectivity index (χ2v) is 4.76. The molecule has 0 aromatic carbocycles. The van der Waals surface area contributed by atoms with E-state index >= 15 is 0 Å². The molecule has 1 atom stereocenters. The molecule has 0 saturated heterocycles. The van der Waals surface area contributed by atoms with E-state index in [0.717, 1.165) is 13.1 Å². The summed E-state index contributed by atoms with van der Waals surface area (Å²) in [4.78, 5) is 2.06. The van der Waals surface area contributed by atoms with Crippen LogP contribution in [0.15, 0.2) is 5.16 Å². The SMILES string of the molecule is CN(C)CCn1nnnc1SCC(O)C=S. The summed E-state index contributed by atoms with van der Waals surface area (Å²) in [6, 6.07) is 0. The lowest BCUT2D eigenvalue weighted by Crippen LogP contribution is -2.20. The quantitative estimate of drug-likeness (QED) is 0.533. The van der Waals surface area contributed by atoms with Crippen LogP contribution < -0.4 is 0 Å². The minimum absolute atomic E-state index is 0.478. The fourth-order valence-electron chi connectivity index (χ4n) is 0.934. The Bertz CT molecular complexity index is 330. The lowest BCUT2D eigenvalue weighted by Gasteiger charge is -2.10. The van der Waals surface area contributed by atoms with Gasteiger partial charge in [-0.1, -0.05) is 24.0 Å². The first kappa shape index (κ1) is 13.5. The molecule has 1 aromatic rings. The Morgan fingerprint density at radius 1 is 1.62 bits per heavy atom. The van der Waals surface area contributed by atoms with Crippen LogP contribution in [0.2, 0.25) is 0 Å². The summed E-state index contributed by atoms with van der Waals surface area (Å²) in [5, 5.41) is 22.7. The fraction of sp³-hybridized carbons (Fsp3) is 0.750. The molecule has 0 aliphatic carbocycles. The van der Waals surface area contributed by atoms with Crippen molar-refractivity contribution in [1.29, 1.82) is 0 Å². The molecule has 90 valence electrons. The highest BCUT2D eigenvalue weighted by atomic mass is 32.2. The Hall–Kier alpha value is -0.570. The summed E-state index contributed by atoms with van der Waals surface area (Å²) in [6.45, 7) is 1.60. The van der Waals surface area contributed by atoms with Crippen LogP contribution >= 0.6 is 24.0 Å². The molecular weight excluding hydrogens is 246 g/mol. The van der Waals surface area contributed by atoms with Gasteiger partial charge in [0.15, 0.2) is 0 Å². The van der Waals surface area contributed by atoms with E-state index in [0.29, 0.717) is 10.9 Å². The van der Waals surface area contributed by atoms with Crippen molar-refractivity contribution in [2.75, 3.05) is 26.4 Å². The standard InChI is InChI=1S/C8H15N5OS2/c1-12(2)3-4-13-8(9-10-11-13)16-6-7(14)5-15/h5,7,14H,3-4,6H2,1-2H3. The zero-order valence-electron chi connectivity index (χ0n) is 9.28. The first-order valence-electron chi connectivity index (χ1n) is 4.80.